The lowest BCUT2D eigenvalue weighted by Gasteiger charge is -2.34. The van der Waals surface area contributed by atoms with E-state index in [0.29, 0.717) is 60.5 Å². The molecule has 3 rings (SSSR count). The molecule has 1 fully saturated rings. The molecule has 0 aliphatic carbocycles. The molecule has 1 aromatic heterocycles. The molecule has 0 bridgehead atoms. The van der Waals surface area contributed by atoms with Gasteiger partial charge in [-0.3, -0.25) is 9.69 Å². The number of ether oxygens (including phenoxy) is 1. The lowest BCUT2D eigenvalue weighted by atomic mass is 10.2. The minimum atomic E-state index is -0.483. The largest absolute Gasteiger partial charge is 0.503 e. The van der Waals surface area contributed by atoms with Crippen LogP contribution in [-0.4, -0.2) is 58.4 Å². The molecule has 0 saturated carbocycles. The third kappa shape index (κ3) is 5.23. The predicted octanol–water partition coefficient (Wildman–Crippen LogP) is 3.18. The summed E-state index contributed by atoms with van der Waals surface area (Å²) in [5.41, 5.74) is 0.764. The van der Waals surface area contributed by atoms with Crippen LogP contribution in [0.15, 0.2) is 35.3 Å². The zero-order chi connectivity index (χ0) is 21.0. The Morgan fingerprint density at radius 1 is 1.10 bits per heavy atom. The number of hydrogen-bond acceptors (Lipinski definition) is 5. The molecule has 0 atom stereocenters. The Bertz CT molecular complexity index is 940. The fraction of sp³-hybridized carbons (Fsp3) is 0.400. The van der Waals surface area contributed by atoms with Crippen molar-refractivity contribution in [2.24, 2.45) is 0 Å². The van der Waals surface area contributed by atoms with Gasteiger partial charge in [-0.05, 0) is 36.8 Å². The second-order valence-corrected chi connectivity index (χ2v) is 7.66. The first-order chi connectivity index (χ1) is 13.9. The van der Waals surface area contributed by atoms with Gasteiger partial charge in [-0.2, -0.15) is 0 Å². The second kappa shape index (κ2) is 9.52. The summed E-state index contributed by atoms with van der Waals surface area (Å²) in [7, 11) is 0. The van der Waals surface area contributed by atoms with Gasteiger partial charge in [0.25, 0.3) is 5.56 Å². The summed E-state index contributed by atoms with van der Waals surface area (Å²) >= 11 is 12.2. The van der Waals surface area contributed by atoms with Crippen LogP contribution in [0, 0.1) is 0 Å². The number of carbonyl (C=O) groups excluding carboxylic acids is 1. The minimum Gasteiger partial charge on any atom is -0.503 e. The smallest absolute Gasteiger partial charge is 0.409 e. The lowest BCUT2D eigenvalue weighted by molar-refractivity contribution is 0.0776. The number of rotatable bonds is 5. The van der Waals surface area contributed by atoms with Crippen molar-refractivity contribution in [1.82, 2.24) is 14.4 Å². The van der Waals surface area contributed by atoms with Gasteiger partial charge in [0.15, 0.2) is 5.75 Å². The van der Waals surface area contributed by atoms with Crippen LogP contribution < -0.4 is 5.56 Å². The van der Waals surface area contributed by atoms with E-state index < -0.39 is 5.56 Å². The van der Waals surface area contributed by atoms with Gasteiger partial charge in [-0.25, -0.2) is 4.79 Å². The highest BCUT2D eigenvalue weighted by molar-refractivity contribution is 6.33. The average Bonchev–Trinajstić information content (AvgIpc) is 2.71. The van der Waals surface area contributed by atoms with Crippen molar-refractivity contribution in [3.05, 3.63) is 62.0 Å². The highest BCUT2D eigenvalue weighted by Crippen LogP contribution is 2.22. The summed E-state index contributed by atoms with van der Waals surface area (Å²) in [5.74, 6) is -0.279. The number of benzene rings is 1. The van der Waals surface area contributed by atoms with Gasteiger partial charge < -0.3 is 19.3 Å². The molecule has 0 spiro atoms. The van der Waals surface area contributed by atoms with Gasteiger partial charge in [0, 0.05) is 54.5 Å². The number of aromatic hydroxyl groups is 1. The molecule has 29 heavy (non-hydrogen) atoms. The maximum Gasteiger partial charge on any atom is 0.409 e. The van der Waals surface area contributed by atoms with Crippen molar-refractivity contribution in [3.8, 4) is 5.75 Å². The number of aromatic nitrogens is 1. The number of pyridine rings is 1. The Balaban J connectivity index is 1.67. The predicted molar refractivity (Wildman–Crippen MR) is 112 cm³/mol. The average molecular weight is 440 g/mol. The Kier molecular flexibility index (Phi) is 7.05. The molecule has 1 saturated heterocycles. The summed E-state index contributed by atoms with van der Waals surface area (Å²) in [6.07, 6.45) is 1.33. The zero-order valence-corrected chi connectivity index (χ0v) is 17.6. The van der Waals surface area contributed by atoms with E-state index in [1.165, 1.54) is 4.57 Å². The third-order valence-corrected chi connectivity index (χ3v) is 5.47. The topological polar surface area (TPSA) is 75.0 Å². The molecule has 2 heterocycles. The number of halogens is 2. The summed E-state index contributed by atoms with van der Waals surface area (Å²) in [6, 6.07) is 6.78. The Hall–Kier alpha value is -2.22. The zero-order valence-electron chi connectivity index (χ0n) is 16.1. The fourth-order valence-corrected chi connectivity index (χ4v) is 3.62. The summed E-state index contributed by atoms with van der Waals surface area (Å²) in [6.45, 7) is 5.14. The molecular formula is C20H23Cl2N3O4. The molecule has 1 aliphatic rings. The molecule has 9 heteroatoms. The van der Waals surface area contributed by atoms with Crippen LogP contribution in [0.5, 0.6) is 5.75 Å². The maximum atomic E-state index is 12.6. The van der Waals surface area contributed by atoms with Gasteiger partial charge in [-0.1, -0.05) is 23.2 Å². The SMILES string of the molecule is CCOC(=O)N1CCN(Cc2ccn(Cc3cc(Cl)ccc3Cl)c(=O)c2O)CC1. The lowest BCUT2D eigenvalue weighted by Crippen LogP contribution is -2.48. The molecule has 0 radical (unpaired) electrons. The van der Waals surface area contributed by atoms with Crippen molar-refractivity contribution in [3.63, 3.8) is 0 Å². The van der Waals surface area contributed by atoms with Crippen molar-refractivity contribution in [1.29, 1.82) is 0 Å². The highest BCUT2D eigenvalue weighted by atomic mass is 35.5. The molecule has 1 aromatic carbocycles. The van der Waals surface area contributed by atoms with Crippen LogP contribution >= 0.6 is 23.2 Å². The van der Waals surface area contributed by atoms with Gasteiger partial charge in [-0.15, -0.1) is 0 Å². The van der Waals surface area contributed by atoms with E-state index in [0.717, 1.165) is 0 Å². The number of carbonyl (C=O) groups is 1. The molecule has 2 aromatic rings. The van der Waals surface area contributed by atoms with Crippen molar-refractivity contribution < 1.29 is 14.6 Å². The van der Waals surface area contributed by atoms with Crippen LogP contribution in [-0.2, 0) is 17.8 Å². The Labute approximate surface area is 179 Å². The Morgan fingerprint density at radius 2 is 1.83 bits per heavy atom. The Morgan fingerprint density at radius 3 is 2.52 bits per heavy atom. The maximum absolute atomic E-state index is 12.6. The number of amides is 1. The van der Waals surface area contributed by atoms with Crippen LogP contribution in [0.1, 0.15) is 18.1 Å². The minimum absolute atomic E-state index is 0.213. The fourth-order valence-electron chi connectivity index (χ4n) is 3.24. The third-order valence-electron chi connectivity index (χ3n) is 4.86. The van der Waals surface area contributed by atoms with Gasteiger partial charge in [0.1, 0.15) is 0 Å². The molecule has 1 amide bonds. The quantitative estimate of drug-likeness (QED) is 0.773. The van der Waals surface area contributed by atoms with Crippen LogP contribution in [0.25, 0.3) is 0 Å². The molecule has 7 nitrogen and oxygen atoms in total. The first-order valence-electron chi connectivity index (χ1n) is 9.38. The molecule has 156 valence electrons. The van der Waals surface area contributed by atoms with E-state index in [-0.39, 0.29) is 18.4 Å². The van der Waals surface area contributed by atoms with E-state index >= 15 is 0 Å². The van der Waals surface area contributed by atoms with Crippen LogP contribution in [0.2, 0.25) is 10.0 Å². The normalized spacial score (nSPS) is 14.8. The van der Waals surface area contributed by atoms with E-state index in [9.17, 15) is 14.7 Å². The molecular weight excluding hydrogens is 417 g/mol. The van der Waals surface area contributed by atoms with Crippen molar-refractivity contribution in [2.45, 2.75) is 20.0 Å². The second-order valence-electron chi connectivity index (χ2n) is 6.82. The number of hydrogen-bond donors (Lipinski definition) is 1. The van der Waals surface area contributed by atoms with Crippen LogP contribution in [0.3, 0.4) is 0 Å². The van der Waals surface area contributed by atoms with E-state index in [1.54, 1.807) is 42.3 Å². The highest BCUT2D eigenvalue weighted by Gasteiger charge is 2.23. The van der Waals surface area contributed by atoms with E-state index in [1.807, 2.05) is 0 Å². The van der Waals surface area contributed by atoms with Gasteiger partial charge in [0.2, 0.25) is 0 Å². The number of piperazine rings is 1. The van der Waals surface area contributed by atoms with Crippen molar-refractivity contribution >= 4 is 29.3 Å². The van der Waals surface area contributed by atoms with Gasteiger partial charge in [0.05, 0.1) is 13.2 Å². The molecule has 0 unspecified atom stereocenters. The van der Waals surface area contributed by atoms with E-state index in [4.69, 9.17) is 27.9 Å². The summed E-state index contributed by atoms with van der Waals surface area (Å²) < 4.78 is 6.41. The number of nitrogens with zero attached hydrogens (tertiary/aromatic N) is 3. The monoisotopic (exact) mass is 439 g/mol. The summed E-state index contributed by atoms with van der Waals surface area (Å²) in [5, 5.41) is 11.4. The standard InChI is InChI=1S/C20H23Cl2N3O4/c1-2-29-20(28)24-9-7-23(8-10-24)12-14-5-6-25(19(27)18(14)26)13-15-11-16(21)3-4-17(15)22/h3-6,11,26H,2,7-10,12-13H2,1H3. The van der Waals surface area contributed by atoms with Gasteiger partial charge >= 0.3 is 6.09 Å². The summed E-state index contributed by atoms with van der Waals surface area (Å²) in [4.78, 5) is 28.1. The van der Waals surface area contributed by atoms with E-state index in [2.05, 4.69) is 4.90 Å². The first kappa shape index (κ1) is 21.5. The van der Waals surface area contributed by atoms with Crippen LogP contribution in [0.4, 0.5) is 4.79 Å². The van der Waals surface area contributed by atoms with Crippen molar-refractivity contribution in [2.75, 3.05) is 32.8 Å². The molecule has 1 aliphatic heterocycles. The first-order valence-corrected chi connectivity index (χ1v) is 10.1. The molecule has 1 N–H and O–H groups in total.